The summed E-state index contributed by atoms with van der Waals surface area (Å²) in [7, 11) is 0. The molecule has 1 heterocycles. The molecular formula is C21H24ClN3O. The average Bonchev–Trinajstić information content (AvgIpc) is 2.64. The second-order valence-electron chi connectivity index (χ2n) is 8.50. The molecule has 136 valence electrons. The van der Waals surface area contributed by atoms with E-state index in [1.165, 1.54) is 5.56 Å². The second kappa shape index (κ2) is 6.46. The van der Waals surface area contributed by atoms with Crippen LogP contribution in [0.15, 0.2) is 17.8 Å². The van der Waals surface area contributed by atoms with Crippen LogP contribution in [0, 0.1) is 22.7 Å². The smallest absolute Gasteiger partial charge is 0.178 e. The number of hydrogen-bond acceptors (Lipinski definition) is 4. The molecule has 0 spiro atoms. The molecule has 4 nitrogen and oxygen atoms in total. The van der Waals surface area contributed by atoms with Gasteiger partial charge in [-0.15, -0.1) is 11.6 Å². The van der Waals surface area contributed by atoms with E-state index in [1.54, 1.807) is 0 Å². The fraction of sp³-hybridized carbons (Fsp3) is 0.619. The number of aryl methyl sites for hydroxylation is 1. The molecule has 4 rings (SSSR count). The molecule has 1 aromatic heterocycles. The summed E-state index contributed by atoms with van der Waals surface area (Å²) in [4.78, 5) is 22.3. The number of hydrogen-bond donors (Lipinski definition) is 0. The van der Waals surface area contributed by atoms with E-state index in [9.17, 15) is 10.1 Å². The molecule has 0 N–H and O–H groups in total. The molecule has 1 fully saturated rings. The van der Waals surface area contributed by atoms with Crippen LogP contribution in [0.5, 0.6) is 0 Å². The molecule has 0 aliphatic heterocycles. The molecule has 3 aliphatic rings. The number of fused-ring (bicyclic) bond motifs is 3. The highest BCUT2D eigenvalue weighted by Crippen LogP contribution is 2.50. The summed E-state index contributed by atoms with van der Waals surface area (Å²) in [5.41, 5.74) is 1.96. The molecule has 2 atom stereocenters. The van der Waals surface area contributed by atoms with Crippen molar-refractivity contribution in [1.82, 2.24) is 9.97 Å². The SMILES string of the molecule is CC1(C)C(=O)C(C#N)=CC2c3nc(C4CCC(Cl)CC4)ncc3CC[C@H]21. The first-order valence-corrected chi connectivity index (χ1v) is 10.0. The molecule has 1 saturated carbocycles. The Morgan fingerprint density at radius 3 is 2.65 bits per heavy atom. The lowest BCUT2D eigenvalue weighted by Crippen LogP contribution is -2.43. The Morgan fingerprint density at radius 2 is 1.96 bits per heavy atom. The fourth-order valence-corrected chi connectivity index (χ4v) is 5.22. The van der Waals surface area contributed by atoms with Gasteiger partial charge in [0, 0.05) is 28.8 Å². The van der Waals surface area contributed by atoms with E-state index >= 15 is 0 Å². The van der Waals surface area contributed by atoms with Crippen LogP contribution in [0.25, 0.3) is 0 Å². The molecule has 0 aromatic carbocycles. The average molecular weight is 370 g/mol. The van der Waals surface area contributed by atoms with Crippen molar-refractivity contribution < 1.29 is 4.79 Å². The van der Waals surface area contributed by atoms with Gasteiger partial charge in [0.25, 0.3) is 0 Å². The predicted octanol–water partition coefficient (Wildman–Crippen LogP) is 4.45. The maximum atomic E-state index is 12.7. The minimum atomic E-state index is -0.524. The summed E-state index contributed by atoms with van der Waals surface area (Å²) in [6.45, 7) is 3.96. The first kappa shape index (κ1) is 17.7. The van der Waals surface area contributed by atoms with Crippen LogP contribution in [-0.2, 0) is 11.2 Å². The van der Waals surface area contributed by atoms with E-state index in [0.717, 1.165) is 50.0 Å². The maximum Gasteiger partial charge on any atom is 0.178 e. The van der Waals surface area contributed by atoms with Gasteiger partial charge in [0.05, 0.1) is 11.3 Å². The highest BCUT2D eigenvalue weighted by Gasteiger charge is 2.48. The Morgan fingerprint density at radius 1 is 1.23 bits per heavy atom. The molecule has 3 aliphatic carbocycles. The van der Waals surface area contributed by atoms with Crippen molar-refractivity contribution in [3.8, 4) is 6.07 Å². The highest BCUT2D eigenvalue weighted by molar-refractivity contribution is 6.20. The number of nitriles is 1. The number of carbonyl (C=O) groups excluding carboxylic acids is 1. The van der Waals surface area contributed by atoms with E-state index in [4.69, 9.17) is 16.6 Å². The lowest BCUT2D eigenvalue weighted by atomic mass is 9.59. The number of nitrogens with zero attached hydrogens (tertiary/aromatic N) is 3. The molecular weight excluding hydrogens is 346 g/mol. The van der Waals surface area contributed by atoms with Crippen molar-refractivity contribution in [3.05, 3.63) is 34.9 Å². The molecule has 0 amide bonds. The van der Waals surface area contributed by atoms with Crippen molar-refractivity contribution in [2.24, 2.45) is 11.3 Å². The topological polar surface area (TPSA) is 66.6 Å². The number of aromatic nitrogens is 2. The number of alkyl halides is 1. The zero-order valence-corrected chi connectivity index (χ0v) is 16.1. The van der Waals surface area contributed by atoms with Crippen molar-refractivity contribution in [2.45, 2.75) is 69.6 Å². The Kier molecular flexibility index (Phi) is 4.39. The summed E-state index contributed by atoms with van der Waals surface area (Å²) < 4.78 is 0. The summed E-state index contributed by atoms with van der Waals surface area (Å²) in [6, 6.07) is 2.11. The first-order valence-electron chi connectivity index (χ1n) is 9.58. The summed E-state index contributed by atoms with van der Waals surface area (Å²) in [5, 5.41) is 9.71. The largest absolute Gasteiger partial charge is 0.293 e. The third kappa shape index (κ3) is 2.77. The number of allylic oxidation sites excluding steroid dienone is 2. The number of carbonyl (C=O) groups is 1. The zero-order valence-electron chi connectivity index (χ0n) is 15.3. The normalized spacial score (nSPS) is 32.8. The van der Waals surface area contributed by atoms with Gasteiger partial charge in [0.1, 0.15) is 11.9 Å². The van der Waals surface area contributed by atoms with Crippen molar-refractivity contribution in [3.63, 3.8) is 0 Å². The first-order chi connectivity index (χ1) is 12.4. The lowest BCUT2D eigenvalue weighted by Gasteiger charge is -2.43. The van der Waals surface area contributed by atoms with Gasteiger partial charge in [0.15, 0.2) is 5.78 Å². The van der Waals surface area contributed by atoms with E-state index in [1.807, 2.05) is 26.1 Å². The summed E-state index contributed by atoms with van der Waals surface area (Å²) >= 11 is 6.24. The monoisotopic (exact) mass is 369 g/mol. The Hall–Kier alpha value is -1.73. The third-order valence-corrected chi connectivity index (χ3v) is 7.07. The van der Waals surface area contributed by atoms with Crippen LogP contribution >= 0.6 is 11.6 Å². The minimum absolute atomic E-state index is 0.0283. The highest BCUT2D eigenvalue weighted by atomic mass is 35.5. The lowest BCUT2D eigenvalue weighted by molar-refractivity contribution is -0.127. The van der Waals surface area contributed by atoms with Crippen LogP contribution in [0.4, 0.5) is 0 Å². The third-order valence-electron chi connectivity index (χ3n) is 6.64. The van der Waals surface area contributed by atoms with Crippen molar-refractivity contribution in [1.29, 1.82) is 5.26 Å². The Balaban J connectivity index is 1.74. The zero-order chi connectivity index (χ0) is 18.5. The van der Waals surface area contributed by atoms with E-state index in [0.29, 0.717) is 5.92 Å². The van der Waals surface area contributed by atoms with Gasteiger partial charge in [0.2, 0.25) is 0 Å². The second-order valence-corrected chi connectivity index (χ2v) is 9.12. The molecule has 0 radical (unpaired) electrons. The van der Waals surface area contributed by atoms with Gasteiger partial charge >= 0.3 is 0 Å². The molecule has 0 saturated heterocycles. The van der Waals surface area contributed by atoms with E-state index in [-0.39, 0.29) is 28.6 Å². The van der Waals surface area contributed by atoms with E-state index in [2.05, 4.69) is 11.1 Å². The van der Waals surface area contributed by atoms with Gasteiger partial charge < -0.3 is 0 Å². The molecule has 5 heteroatoms. The van der Waals surface area contributed by atoms with Crippen LogP contribution in [0.1, 0.15) is 74.9 Å². The summed E-state index contributed by atoms with van der Waals surface area (Å²) in [6.07, 6.45) is 9.77. The van der Waals surface area contributed by atoms with Gasteiger partial charge in [-0.3, -0.25) is 4.79 Å². The van der Waals surface area contributed by atoms with Crippen LogP contribution in [0.2, 0.25) is 0 Å². The molecule has 0 bridgehead atoms. The van der Waals surface area contributed by atoms with Gasteiger partial charge in [-0.05, 0) is 50.0 Å². The van der Waals surface area contributed by atoms with Crippen LogP contribution in [-0.4, -0.2) is 21.1 Å². The molecule has 1 aromatic rings. The minimum Gasteiger partial charge on any atom is -0.293 e. The van der Waals surface area contributed by atoms with Crippen molar-refractivity contribution >= 4 is 17.4 Å². The van der Waals surface area contributed by atoms with Crippen LogP contribution in [0.3, 0.4) is 0 Å². The number of Topliss-reactive ketones (excluding diaryl/α,β-unsaturated/α-hetero) is 1. The van der Waals surface area contributed by atoms with Crippen molar-refractivity contribution in [2.75, 3.05) is 0 Å². The number of ketones is 1. The standard InChI is InChI=1S/C21H24ClN3O/c1-21(2)17-8-5-13-11-24-20(12-3-6-15(22)7-4-12)25-18(13)16(17)9-14(10-23)19(21)26/h9,11-12,15-17H,3-8H2,1-2H3/t12?,15?,16?,17-/m1/s1. The molecule has 26 heavy (non-hydrogen) atoms. The number of rotatable bonds is 1. The van der Waals surface area contributed by atoms with Crippen LogP contribution < -0.4 is 0 Å². The predicted molar refractivity (Wildman–Crippen MR) is 99.9 cm³/mol. The number of halogens is 1. The Labute approximate surface area is 159 Å². The Bertz CT molecular complexity index is 815. The molecule has 1 unspecified atom stereocenters. The van der Waals surface area contributed by atoms with Gasteiger partial charge in [-0.25, -0.2) is 9.97 Å². The van der Waals surface area contributed by atoms with Gasteiger partial charge in [-0.2, -0.15) is 5.26 Å². The maximum absolute atomic E-state index is 12.7. The summed E-state index contributed by atoms with van der Waals surface area (Å²) in [5.74, 6) is 1.48. The van der Waals surface area contributed by atoms with Gasteiger partial charge in [-0.1, -0.05) is 19.9 Å². The fourth-order valence-electron chi connectivity index (χ4n) is 4.97. The quantitative estimate of drug-likeness (QED) is 0.686. The van der Waals surface area contributed by atoms with E-state index < -0.39 is 5.41 Å².